The van der Waals surface area contributed by atoms with Gasteiger partial charge in [0.2, 0.25) is 0 Å². The highest BCUT2D eigenvalue weighted by Crippen LogP contribution is 2.25. The molecule has 0 fully saturated rings. The molecule has 1 aliphatic rings. The van der Waals surface area contributed by atoms with Crippen molar-refractivity contribution in [3.8, 4) is 5.75 Å². The van der Waals surface area contributed by atoms with Gasteiger partial charge in [0.05, 0.1) is 6.61 Å². The summed E-state index contributed by atoms with van der Waals surface area (Å²) in [7, 11) is 3.71. The van der Waals surface area contributed by atoms with E-state index < -0.39 is 0 Å². The molecule has 0 unspecified atom stereocenters. The molecule has 0 saturated carbocycles. The number of rotatable bonds is 5. The van der Waals surface area contributed by atoms with Gasteiger partial charge in [-0.25, -0.2) is 4.39 Å². The number of aliphatic imine (C=N–C) groups is 1. The predicted molar refractivity (Wildman–Crippen MR) is 98.6 cm³/mol. The maximum Gasteiger partial charge on any atom is 0.193 e. The van der Waals surface area contributed by atoms with Gasteiger partial charge in [-0.3, -0.25) is 4.99 Å². The first kappa shape index (κ1) is 17.3. The van der Waals surface area contributed by atoms with Crippen LogP contribution in [0.4, 0.5) is 4.39 Å². The number of hydrogen-bond donors (Lipinski definition) is 1. The summed E-state index contributed by atoms with van der Waals surface area (Å²) >= 11 is 0. The van der Waals surface area contributed by atoms with Gasteiger partial charge in [-0.1, -0.05) is 24.3 Å². The van der Waals surface area contributed by atoms with E-state index in [1.165, 1.54) is 17.2 Å². The van der Waals surface area contributed by atoms with Gasteiger partial charge >= 0.3 is 0 Å². The van der Waals surface area contributed by atoms with Crippen molar-refractivity contribution in [3.63, 3.8) is 0 Å². The third kappa shape index (κ3) is 4.50. The highest BCUT2D eigenvalue weighted by atomic mass is 19.1. The van der Waals surface area contributed by atoms with Gasteiger partial charge < -0.3 is 15.0 Å². The molecule has 0 radical (unpaired) electrons. The minimum atomic E-state index is -0.213. The van der Waals surface area contributed by atoms with Crippen LogP contribution in [0.2, 0.25) is 0 Å². The maximum absolute atomic E-state index is 13.3. The Morgan fingerprint density at radius 1 is 1.24 bits per heavy atom. The summed E-state index contributed by atoms with van der Waals surface area (Å²) < 4.78 is 18.9. The number of nitrogens with zero attached hydrogens (tertiary/aromatic N) is 2. The topological polar surface area (TPSA) is 36.9 Å². The Morgan fingerprint density at radius 2 is 2.12 bits per heavy atom. The molecule has 0 amide bonds. The van der Waals surface area contributed by atoms with Crippen molar-refractivity contribution >= 4 is 5.96 Å². The van der Waals surface area contributed by atoms with Gasteiger partial charge in [-0.05, 0) is 41.3 Å². The Balaban J connectivity index is 1.52. The van der Waals surface area contributed by atoms with Crippen LogP contribution in [-0.4, -0.2) is 38.1 Å². The molecule has 0 aromatic heterocycles. The molecule has 0 saturated heterocycles. The van der Waals surface area contributed by atoms with Crippen LogP contribution in [0.1, 0.15) is 16.7 Å². The number of fused-ring (bicyclic) bond motifs is 1. The molecule has 25 heavy (non-hydrogen) atoms. The first-order chi connectivity index (χ1) is 12.2. The zero-order valence-corrected chi connectivity index (χ0v) is 14.8. The summed E-state index contributed by atoms with van der Waals surface area (Å²) in [4.78, 5) is 6.30. The minimum absolute atomic E-state index is 0.213. The SMILES string of the molecule is CN=C(NCCc1ccc2c(c1)CCO2)N(C)Cc1cccc(F)c1. The summed E-state index contributed by atoms with van der Waals surface area (Å²) in [6.07, 6.45) is 1.91. The van der Waals surface area contributed by atoms with E-state index in [-0.39, 0.29) is 5.82 Å². The van der Waals surface area contributed by atoms with Crippen molar-refractivity contribution < 1.29 is 9.13 Å². The first-order valence-electron chi connectivity index (χ1n) is 8.56. The molecule has 0 atom stereocenters. The lowest BCUT2D eigenvalue weighted by Gasteiger charge is -2.22. The van der Waals surface area contributed by atoms with E-state index in [0.717, 1.165) is 43.3 Å². The number of halogens is 1. The van der Waals surface area contributed by atoms with Gasteiger partial charge in [-0.15, -0.1) is 0 Å². The van der Waals surface area contributed by atoms with Crippen LogP contribution in [-0.2, 0) is 19.4 Å². The number of benzene rings is 2. The molecule has 0 aliphatic carbocycles. The molecular formula is C20H24FN3O. The number of ether oxygens (including phenoxy) is 1. The normalized spacial score (nSPS) is 13.3. The van der Waals surface area contributed by atoms with Crippen molar-refractivity contribution in [2.24, 2.45) is 4.99 Å². The molecule has 5 heteroatoms. The summed E-state index contributed by atoms with van der Waals surface area (Å²) in [5.41, 5.74) is 3.51. The van der Waals surface area contributed by atoms with Gasteiger partial charge in [0, 0.05) is 33.6 Å². The summed E-state index contributed by atoms with van der Waals surface area (Å²) in [5, 5.41) is 3.37. The number of nitrogens with one attached hydrogen (secondary N) is 1. The molecule has 4 nitrogen and oxygen atoms in total. The van der Waals surface area contributed by atoms with Crippen molar-refractivity contribution in [2.45, 2.75) is 19.4 Å². The van der Waals surface area contributed by atoms with Crippen LogP contribution in [0.5, 0.6) is 5.75 Å². The third-order valence-corrected chi connectivity index (χ3v) is 4.33. The third-order valence-electron chi connectivity index (χ3n) is 4.33. The maximum atomic E-state index is 13.3. The monoisotopic (exact) mass is 341 g/mol. The zero-order valence-electron chi connectivity index (χ0n) is 14.8. The Kier molecular flexibility index (Phi) is 5.53. The second kappa shape index (κ2) is 8.01. The molecule has 3 rings (SSSR count). The molecule has 1 heterocycles. The van der Waals surface area contributed by atoms with Gasteiger partial charge in [0.1, 0.15) is 11.6 Å². The van der Waals surface area contributed by atoms with E-state index in [2.05, 4.69) is 28.5 Å². The van der Waals surface area contributed by atoms with E-state index >= 15 is 0 Å². The van der Waals surface area contributed by atoms with E-state index in [1.54, 1.807) is 19.2 Å². The zero-order chi connectivity index (χ0) is 17.6. The van der Waals surface area contributed by atoms with Gasteiger partial charge in [0.25, 0.3) is 0 Å². The molecule has 0 spiro atoms. The second-order valence-corrected chi connectivity index (χ2v) is 6.25. The van der Waals surface area contributed by atoms with Gasteiger partial charge in [0.15, 0.2) is 5.96 Å². The highest BCUT2D eigenvalue weighted by Gasteiger charge is 2.12. The lowest BCUT2D eigenvalue weighted by atomic mass is 10.1. The van der Waals surface area contributed by atoms with Crippen molar-refractivity contribution in [2.75, 3.05) is 27.2 Å². The van der Waals surface area contributed by atoms with Gasteiger partial charge in [-0.2, -0.15) is 0 Å². The van der Waals surface area contributed by atoms with E-state index in [1.807, 2.05) is 18.0 Å². The van der Waals surface area contributed by atoms with Crippen LogP contribution in [0.25, 0.3) is 0 Å². The molecule has 2 aromatic carbocycles. The average Bonchev–Trinajstić information content (AvgIpc) is 3.06. The fourth-order valence-electron chi connectivity index (χ4n) is 3.08. The Bertz CT molecular complexity index is 760. The van der Waals surface area contributed by atoms with Crippen LogP contribution in [0, 0.1) is 5.82 Å². The lowest BCUT2D eigenvalue weighted by Crippen LogP contribution is -2.39. The number of guanidine groups is 1. The molecular weight excluding hydrogens is 317 g/mol. The van der Waals surface area contributed by atoms with E-state index in [9.17, 15) is 4.39 Å². The number of hydrogen-bond acceptors (Lipinski definition) is 2. The highest BCUT2D eigenvalue weighted by molar-refractivity contribution is 5.79. The van der Waals surface area contributed by atoms with Crippen LogP contribution >= 0.6 is 0 Å². The standard InChI is InChI=1S/C20H24FN3O/c1-22-20(24(2)14-16-4-3-5-18(21)13-16)23-10-8-15-6-7-19-17(12-15)9-11-25-19/h3-7,12-13H,8-11,14H2,1-2H3,(H,22,23). The Hall–Kier alpha value is -2.56. The van der Waals surface area contributed by atoms with Crippen LogP contribution in [0.15, 0.2) is 47.5 Å². The molecule has 1 N–H and O–H groups in total. The van der Waals surface area contributed by atoms with Crippen LogP contribution in [0.3, 0.4) is 0 Å². The Labute approximate surface area is 148 Å². The smallest absolute Gasteiger partial charge is 0.193 e. The average molecular weight is 341 g/mol. The fraction of sp³-hybridized carbons (Fsp3) is 0.350. The fourth-order valence-corrected chi connectivity index (χ4v) is 3.08. The second-order valence-electron chi connectivity index (χ2n) is 6.25. The van der Waals surface area contributed by atoms with Crippen molar-refractivity contribution in [1.82, 2.24) is 10.2 Å². The largest absolute Gasteiger partial charge is 0.493 e. The van der Waals surface area contributed by atoms with Crippen molar-refractivity contribution in [3.05, 3.63) is 65.0 Å². The molecule has 0 bridgehead atoms. The quantitative estimate of drug-likeness (QED) is 0.671. The Morgan fingerprint density at radius 3 is 2.92 bits per heavy atom. The summed E-state index contributed by atoms with van der Waals surface area (Å²) in [6.45, 7) is 2.18. The summed E-state index contributed by atoms with van der Waals surface area (Å²) in [6, 6.07) is 13.1. The van der Waals surface area contributed by atoms with Crippen LogP contribution < -0.4 is 10.1 Å². The van der Waals surface area contributed by atoms with E-state index in [0.29, 0.717) is 6.54 Å². The first-order valence-corrected chi connectivity index (χ1v) is 8.56. The predicted octanol–water partition coefficient (Wildman–Crippen LogP) is 3.01. The minimum Gasteiger partial charge on any atom is -0.493 e. The molecule has 1 aliphatic heterocycles. The van der Waals surface area contributed by atoms with Crippen molar-refractivity contribution in [1.29, 1.82) is 0 Å². The summed E-state index contributed by atoms with van der Waals surface area (Å²) in [5.74, 6) is 1.60. The lowest BCUT2D eigenvalue weighted by molar-refractivity contribution is 0.357. The van der Waals surface area contributed by atoms with E-state index in [4.69, 9.17) is 4.74 Å². The molecule has 2 aromatic rings. The molecule has 132 valence electrons.